The molecule has 0 fully saturated rings. The highest BCUT2D eigenvalue weighted by atomic mass is 32.2. The van der Waals surface area contributed by atoms with Gasteiger partial charge < -0.3 is 5.32 Å². The largest absolute Gasteiger partial charge is 0.351 e. The first kappa shape index (κ1) is 16.0. The number of aromatic nitrogens is 4. The molecule has 0 unspecified atom stereocenters. The molecule has 0 aliphatic heterocycles. The Labute approximate surface area is 136 Å². The number of tetrazole rings is 1. The summed E-state index contributed by atoms with van der Waals surface area (Å²) in [4.78, 5) is 12.1. The Morgan fingerprint density at radius 1 is 1.21 bits per heavy atom. The third-order valence-corrected chi connectivity index (χ3v) is 5.02. The first-order chi connectivity index (χ1) is 11.5. The van der Waals surface area contributed by atoms with Crippen LogP contribution in [0, 0.1) is 5.82 Å². The molecule has 0 aliphatic rings. The van der Waals surface area contributed by atoms with E-state index in [0.717, 1.165) is 12.1 Å². The molecule has 0 spiro atoms. The van der Waals surface area contributed by atoms with E-state index in [1.165, 1.54) is 35.0 Å². The standard InChI is InChI=1S/C14H12FN5O3S/c15-11-1-3-12(4-2-11)24(22,23)8-6-16-14(21)10-5-7-20-13(9-10)17-18-19-20/h1-5,7,9H,6,8H2,(H,16,21). The van der Waals surface area contributed by atoms with Crippen molar-refractivity contribution in [3.63, 3.8) is 0 Å². The van der Waals surface area contributed by atoms with Crippen molar-refractivity contribution in [3.05, 3.63) is 54.0 Å². The van der Waals surface area contributed by atoms with Crippen LogP contribution < -0.4 is 5.32 Å². The number of hydrogen-bond acceptors (Lipinski definition) is 6. The topological polar surface area (TPSA) is 106 Å². The van der Waals surface area contributed by atoms with E-state index in [4.69, 9.17) is 0 Å². The zero-order valence-electron chi connectivity index (χ0n) is 12.3. The lowest BCUT2D eigenvalue weighted by Gasteiger charge is -2.07. The van der Waals surface area contributed by atoms with Gasteiger partial charge in [-0.2, -0.15) is 0 Å². The number of amides is 1. The molecule has 24 heavy (non-hydrogen) atoms. The summed E-state index contributed by atoms with van der Waals surface area (Å²) in [6, 6.07) is 7.55. The molecule has 1 amide bonds. The maximum absolute atomic E-state index is 12.8. The van der Waals surface area contributed by atoms with Crippen LogP contribution in [0.25, 0.3) is 5.65 Å². The lowest BCUT2D eigenvalue weighted by molar-refractivity contribution is 0.0956. The van der Waals surface area contributed by atoms with Gasteiger partial charge in [0.1, 0.15) is 5.82 Å². The molecule has 2 heterocycles. The fourth-order valence-corrected chi connectivity index (χ4v) is 3.20. The van der Waals surface area contributed by atoms with Gasteiger partial charge in [0.25, 0.3) is 5.91 Å². The van der Waals surface area contributed by atoms with Crippen molar-refractivity contribution in [2.75, 3.05) is 12.3 Å². The minimum atomic E-state index is -3.60. The van der Waals surface area contributed by atoms with Crippen LogP contribution >= 0.6 is 0 Å². The van der Waals surface area contributed by atoms with E-state index in [1.807, 2.05) is 0 Å². The molecular formula is C14H12FN5O3S. The molecule has 10 heteroatoms. The fourth-order valence-electron chi connectivity index (χ4n) is 2.04. The number of rotatable bonds is 5. The van der Waals surface area contributed by atoms with E-state index in [0.29, 0.717) is 11.2 Å². The number of benzene rings is 1. The van der Waals surface area contributed by atoms with Crippen LogP contribution in [0.2, 0.25) is 0 Å². The normalized spacial score (nSPS) is 11.5. The second kappa shape index (κ2) is 6.32. The second-order valence-corrected chi connectivity index (χ2v) is 7.03. The Balaban J connectivity index is 1.62. The van der Waals surface area contributed by atoms with E-state index in [1.54, 1.807) is 0 Å². The van der Waals surface area contributed by atoms with Gasteiger partial charge in [-0.25, -0.2) is 17.3 Å². The van der Waals surface area contributed by atoms with Crippen LogP contribution in [0.5, 0.6) is 0 Å². The number of carbonyl (C=O) groups excluding carboxylic acids is 1. The van der Waals surface area contributed by atoms with Crippen LogP contribution in [0.1, 0.15) is 10.4 Å². The van der Waals surface area contributed by atoms with Crippen molar-refractivity contribution in [1.29, 1.82) is 0 Å². The molecule has 8 nitrogen and oxygen atoms in total. The SMILES string of the molecule is O=C(NCCS(=O)(=O)c1ccc(F)cc1)c1ccn2nnnc2c1. The summed E-state index contributed by atoms with van der Waals surface area (Å²) in [5, 5.41) is 13.4. The Morgan fingerprint density at radius 3 is 2.71 bits per heavy atom. The van der Waals surface area contributed by atoms with Gasteiger partial charge in [-0.15, -0.1) is 5.10 Å². The van der Waals surface area contributed by atoms with E-state index >= 15 is 0 Å². The lowest BCUT2D eigenvalue weighted by atomic mass is 10.2. The van der Waals surface area contributed by atoms with Crippen molar-refractivity contribution < 1.29 is 17.6 Å². The number of fused-ring (bicyclic) bond motifs is 1. The summed E-state index contributed by atoms with van der Waals surface area (Å²) in [6.07, 6.45) is 1.53. The molecule has 0 saturated heterocycles. The minimum absolute atomic E-state index is 0.00843. The van der Waals surface area contributed by atoms with Gasteiger partial charge in [-0.05, 0) is 46.8 Å². The average molecular weight is 349 g/mol. The number of hydrogen-bond donors (Lipinski definition) is 1. The van der Waals surface area contributed by atoms with Gasteiger partial charge in [0.15, 0.2) is 15.5 Å². The summed E-state index contributed by atoms with van der Waals surface area (Å²) in [5.74, 6) is -1.24. The highest BCUT2D eigenvalue weighted by molar-refractivity contribution is 7.91. The molecule has 0 saturated carbocycles. The third kappa shape index (κ3) is 3.38. The molecule has 0 atom stereocenters. The van der Waals surface area contributed by atoms with Crippen LogP contribution in [0.4, 0.5) is 4.39 Å². The van der Waals surface area contributed by atoms with Crippen LogP contribution in [-0.2, 0) is 9.84 Å². The highest BCUT2D eigenvalue weighted by Gasteiger charge is 2.15. The fraction of sp³-hybridized carbons (Fsp3) is 0.143. The minimum Gasteiger partial charge on any atom is -0.351 e. The maximum atomic E-state index is 12.8. The molecule has 0 bridgehead atoms. The van der Waals surface area contributed by atoms with Gasteiger partial charge in [-0.3, -0.25) is 4.79 Å². The average Bonchev–Trinajstić information content (AvgIpc) is 3.02. The van der Waals surface area contributed by atoms with E-state index in [9.17, 15) is 17.6 Å². The van der Waals surface area contributed by atoms with E-state index in [2.05, 4.69) is 20.8 Å². The Bertz CT molecular complexity index is 985. The molecule has 3 rings (SSSR count). The first-order valence-electron chi connectivity index (χ1n) is 6.90. The summed E-state index contributed by atoms with van der Waals surface area (Å²) >= 11 is 0. The summed E-state index contributed by atoms with van der Waals surface area (Å²) in [6.45, 7) is -0.0747. The molecule has 2 aromatic heterocycles. The van der Waals surface area contributed by atoms with Crippen LogP contribution in [0.3, 0.4) is 0 Å². The number of sulfone groups is 1. The first-order valence-corrected chi connectivity index (χ1v) is 8.55. The van der Waals surface area contributed by atoms with Gasteiger partial charge in [0.05, 0.1) is 10.6 Å². The van der Waals surface area contributed by atoms with Crippen LogP contribution in [-0.4, -0.2) is 46.7 Å². The molecule has 124 valence electrons. The summed E-state index contributed by atoms with van der Waals surface area (Å²) in [5.41, 5.74) is 0.720. The molecule has 1 N–H and O–H groups in total. The number of halogens is 1. The van der Waals surface area contributed by atoms with Gasteiger partial charge >= 0.3 is 0 Å². The Morgan fingerprint density at radius 2 is 1.96 bits per heavy atom. The van der Waals surface area contributed by atoms with E-state index < -0.39 is 21.6 Å². The Kier molecular flexibility index (Phi) is 4.21. The smallest absolute Gasteiger partial charge is 0.251 e. The van der Waals surface area contributed by atoms with Crippen molar-refractivity contribution in [2.24, 2.45) is 0 Å². The van der Waals surface area contributed by atoms with Gasteiger partial charge in [0, 0.05) is 18.3 Å². The van der Waals surface area contributed by atoms with Crippen molar-refractivity contribution in [3.8, 4) is 0 Å². The monoisotopic (exact) mass is 349 g/mol. The molecule has 0 radical (unpaired) electrons. The number of nitrogens with one attached hydrogen (secondary N) is 1. The predicted molar refractivity (Wildman–Crippen MR) is 81.6 cm³/mol. The van der Waals surface area contributed by atoms with Crippen molar-refractivity contribution >= 4 is 21.4 Å². The molecular weight excluding hydrogens is 337 g/mol. The van der Waals surface area contributed by atoms with Crippen molar-refractivity contribution in [2.45, 2.75) is 4.90 Å². The third-order valence-electron chi connectivity index (χ3n) is 3.29. The quantitative estimate of drug-likeness (QED) is 0.671. The second-order valence-electron chi connectivity index (χ2n) is 4.93. The number of pyridine rings is 1. The molecule has 3 aromatic rings. The predicted octanol–water partition coefficient (Wildman–Crippen LogP) is 0.467. The zero-order chi connectivity index (χ0) is 17.2. The van der Waals surface area contributed by atoms with Crippen molar-refractivity contribution in [1.82, 2.24) is 25.4 Å². The van der Waals surface area contributed by atoms with E-state index in [-0.39, 0.29) is 17.2 Å². The Hall–Kier alpha value is -2.88. The summed E-state index contributed by atoms with van der Waals surface area (Å²) < 4.78 is 38.4. The summed E-state index contributed by atoms with van der Waals surface area (Å²) in [7, 11) is -3.60. The maximum Gasteiger partial charge on any atom is 0.251 e. The number of carbonyl (C=O) groups is 1. The number of nitrogens with zero attached hydrogens (tertiary/aromatic N) is 4. The molecule has 0 aliphatic carbocycles. The van der Waals surface area contributed by atoms with Crippen LogP contribution in [0.15, 0.2) is 47.5 Å². The zero-order valence-corrected chi connectivity index (χ0v) is 13.1. The highest BCUT2D eigenvalue weighted by Crippen LogP contribution is 2.11. The molecule has 1 aromatic carbocycles. The van der Waals surface area contributed by atoms with Gasteiger partial charge in [-0.1, -0.05) is 0 Å². The lowest BCUT2D eigenvalue weighted by Crippen LogP contribution is -2.29. The van der Waals surface area contributed by atoms with Gasteiger partial charge in [0.2, 0.25) is 0 Å².